The highest BCUT2D eigenvalue weighted by atomic mass is 32.1. The molecule has 7 nitrogen and oxygen atoms in total. The number of thiophene rings is 1. The zero-order valence-corrected chi connectivity index (χ0v) is 21.8. The summed E-state index contributed by atoms with van der Waals surface area (Å²) < 4.78 is 22.3. The molecule has 3 heterocycles. The van der Waals surface area contributed by atoms with E-state index in [1.807, 2.05) is 0 Å². The predicted molar refractivity (Wildman–Crippen MR) is 153 cm³/mol. The number of hydrogen-bond acceptors (Lipinski definition) is 6. The van der Waals surface area contributed by atoms with E-state index >= 15 is 0 Å². The van der Waals surface area contributed by atoms with Gasteiger partial charge in [-0.25, -0.2) is 4.39 Å². The summed E-state index contributed by atoms with van der Waals surface area (Å²) in [4.78, 5) is 17.5. The van der Waals surface area contributed by atoms with Crippen LogP contribution in [0.25, 0.3) is 20.8 Å². The van der Waals surface area contributed by atoms with Gasteiger partial charge in [0.15, 0.2) is 22.9 Å². The van der Waals surface area contributed by atoms with Crippen LogP contribution < -0.4 is 20.1 Å². The molecule has 3 aromatic heterocycles. The smallest absolute Gasteiger partial charge is 0.233 e. The second kappa shape index (κ2) is 11.3. The molecular weight excluding hydrogens is 535 g/mol. The Morgan fingerprint density at radius 1 is 1.13 bits per heavy atom. The quantitative estimate of drug-likeness (QED) is 0.124. The summed E-state index contributed by atoms with van der Waals surface area (Å²) >= 11 is 6.53. The first-order valence-corrected chi connectivity index (χ1v) is 12.8. The largest absolute Gasteiger partial charge is 0.618 e. The van der Waals surface area contributed by atoms with E-state index in [9.17, 15) is 14.4 Å². The molecule has 39 heavy (non-hydrogen) atoms. The van der Waals surface area contributed by atoms with Crippen LogP contribution >= 0.6 is 23.6 Å². The van der Waals surface area contributed by atoms with Gasteiger partial charge in [-0.1, -0.05) is 24.1 Å². The van der Waals surface area contributed by atoms with Gasteiger partial charge in [0, 0.05) is 41.7 Å². The number of nitrogens with one attached hydrogen (secondary N) is 2. The lowest BCUT2D eigenvalue weighted by molar-refractivity contribution is -0.593. The van der Waals surface area contributed by atoms with Crippen LogP contribution in [0.5, 0.6) is 11.5 Å². The highest BCUT2D eigenvalue weighted by Gasteiger charge is 2.17. The minimum atomic E-state index is -0.640. The highest BCUT2D eigenvalue weighted by molar-refractivity contribution is 7.80. The summed E-state index contributed by atoms with van der Waals surface area (Å²) in [6.45, 7) is 0. The van der Waals surface area contributed by atoms with Gasteiger partial charge in [-0.2, -0.15) is 4.73 Å². The second-order valence-electron chi connectivity index (χ2n) is 8.27. The summed E-state index contributed by atoms with van der Waals surface area (Å²) in [6, 6.07) is 19.9. The molecule has 2 N–H and O–H groups in total. The van der Waals surface area contributed by atoms with Crippen LogP contribution in [-0.4, -0.2) is 16.0 Å². The van der Waals surface area contributed by atoms with Gasteiger partial charge in [0.1, 0.15) is 10.6 Å². The van der Waals surface area contributed by atoms with Crippen LogP contribution in [0.1, 0.15) is 11.1 Å². The Labute approximate surface area is 232 Å². The minimum Gasteiger partial charge on any atom is -0.618 e. The molecule has 192 valence electrons. The zero-order chi connectivity index (χ0) is 27.4. The maximum Gasteiger partial charge on any atom is 0.233 e. The minimum absolute atomic E-state index is 0.0116. The molecule has 0 unspecified atom stereocenters. The van der Waals surface area contributed by atoms with Crippen molar-refractivity contribution >= 4 is 50.5 Å². The first kappa shape index (κ1) is 25.8. The van der Waals surface area contributed by atoms with Crippen molar-refractivity contribution in [3.05, 3.63) is 107 Å². The molecule has 10 heteroatoms. The Kier molecular flexibility index (Phi) is 7.45. The molecule has 0 fully saturated rings. The molecule has 0 aliphatic rings. The van der Waals surface area contributed by atoms with E-state index in [0.717, 1.165) is 4.73 Å². The first-order valence-electron chi connectivity index (χ1n) is 11.6. The number of hydrogen-bond donors (Lipinski definition) is 2. The number of terminal acetylenes is 1. The fourth-order valence-electron chi connectivity index (χ4n) is 3.84. The van der Waals surface area contributed by atoms with E-state index in [2.05, 4.69) is 21.5 Å². The van der Waals surface area contributed by atoms with E-state index in [1.54, 1.807) is 66.9 Å². The number of halogens is 1. The number of ether oxygens (including phenoxy) is 1. The third-order valence-corrected chi connectivity index (χ3v) is 7.00. The summed E-state index contributed by atoms with van der Waals surface area (Å²) in [5.74, 6) is 1.94. The third-order valence-electron chi connectivity index (χ3n) is 5.64. The Balaban J connectivity index is 1.27. The van der Waals surface area contributed by atoms with Gasteiger partial charge in [0.25, 0.3) is 0 Å². The average Bonchev–Trinajstić information content (AvgIpc) is 3.36. The molecule has 0 aliphatic carbocycles. The SMILES string of the molecule is C#Cc1ccccc1CC(=O)NC(=S)Nc1ccc(Oc2ccnc3cc(-c4cccc[n+]4[O-])sc23)c(F)c1. The van der Waals surface area contributed by atoms with E-state index < -0.39 is 5.82 Å². The van der Waals surface area contributed by atoms with Crippen molar-refractivity contribution < 1.29 is 18.7 Å². The number of benzene rings is 2. The van der Waals surface area contributed by atoms with Gasteiger partial charge in [-0.05, 0) is 48.1 Å². The molecule has 0 saturated carbocycles. The van der Waals surface area contributed by atoms with Gasteiger partial charge in [-0.15, -0.1) is 17.8 Å². The summed E-state index contributed by atoms with van der Waals surface area (Å²) in [6.07, 6.45) is 8.51. The lowest BCUT2D eigenvalue weighted by Gasteiger charge is -2.12. The number of carbonyl (C=O) groups excluding carboxylic acids is 1. The van der Waals surface area contributed by atoms with Gasteiger partial charge < -0.3 is 20.6 Å². The number of anilines is 1. The van der Waals surface area contributed by atoms with E-state index in [4.69, 9.17) is 23.4 Å². The van der Waals surface area contributed by atoms with Crippen LogP contribution in [0.4, 0.5) is 10.1 Å². The van der Waals surface area contributed by atoms with Crippen molar-refractivity contribution in [3.8, 4) is 34.4 Å². The molecule has 1 amide bonds. The molecule has 0 atom stereocenters. The maximum atomic E-state index is 15.0. The van der Waals surface area contributed by atoms with Crippen LogP contribution in [0, 0.1) is 23.4 Å². The monoisotopic (exact) mass is 554 g/mol. The topological polar surface area (TPSA) is 90.2 Å². The number of fused-ring (bicyclic) bond motifs is 1. The maximum absolute atomic E-state index is 15.0. The number of thiocarbonyl (C=S) groups is 1. The Hall–Kier alpha value is -4.85. The Bertz CT molecular complexity index is 1760. The number of pyridine rings is 2. The molecule has 0 aliphatic heterocycles. The number of rotatable bonds is 6. The van der Waals surface area contributed by atoms with Crippen LogP contribution in [0.3, 0.4) is 0 Å². The molecule has 0 spiro atoms. The van der Waals surface area contributed by atoms with Crippen molar-refractivity contribution in [2.24, 2.45) is 0 Å². The second-order valence-corrected chi connectivity index (χ2v) is 9.73. The molecule has 5 aromatic rings. The molecule has 0 radical (unpaired) electrons. The van der Waals surface area contributed by atoms with Gasteiger partial charge in [-0.3, -0.25) is 9.78 Å². The van der Waals surface area contributed by atoms with Gasteiger partial charge in [0.05, 0.1) is 16.6 Å². The third kappa shape index (κ3) is 5.85. The van der Waals surface area contributed by atoms with Gasteiger partial charge in [0.2, 0.25) is 11.6 Å². The fourth-order valence-corrected chi connectivity index (χ4v) is 5.15. The lowest BCUT2D eigenvalue weighted by atomic mass is 10.1. The summed E-state index contributed by atoms with van der Waals surface area (Å²) in [5.41, 5.74) is 2.77. The molecule has 0 bridgehead atoms. The van der Waals surface area contributed by atoms with Crippen LogP contribution in [0.2, 0.25) is 0 Å². The normalized spacial score (nSPS) is 10.6. The highest BCUT2D eigenvalue weighted by Crippen LogP contribution is 2.39. The number of aromatic nitrogens is 2. The molecular formula is C29H19FN4O3S2. The number of amides is 1. The lowest BCUT2D eigenvalue weighted by Crippen LogP contribution is -2.35. The summed E-state index contributed by atoms with van der Waals surface area (Å²) in [5, 5.41) is 17.6. The Morgan fingerprint density at radius 3 is 2.74 bits per heavy atom. The van der Waals surface area contributed by atoms with Crippen molar-refractivity contribution in [1.82, 2.24) is 10.3 Å². The molecule has 5 rings (SSSR count). The zero-order valence-electron chi connectivity index (χ0n) is 20.2. The van der Waals surface area contributed by atoms with Gasteiger partial charge >= 0.3 is 0 Å². The number of carbonyl (C=O) groups is 1. The predicted octanol–water partition coefficient (Wildman–Crippen LogP) is 5.57. The van der Waals surface area contributed by atoms with E-state index in [0.29, 0.717) is 43.4 Å². The van der Waals surface area contributed by atoms with E-state index in [-0.39, 0.29) is 23.2 Å². The van der Waals surface area contributed by atoms with Crippen molar-refractivity contribution in [1.29, 1.82) is 0 Å². The van der Waals surface area contributed by atoms with Crippen molar-refractivity contribution in [3.63, 3.8) is 0 Å². The Morgan fingerprint density at radius 2 is 1.95 bits per heavy atom. The molecule has 0 saturated heterocycles. The van der Waals surface area contributed by atoms with Crippen molar-refractivity contribution in [2.75, 3.05) is 5.32 Å². The van der Waals surface area contributed by atoms with E-state index in [1.165, 1.54) is 29.7 Å². The van der Waals surface area contributed by atoms with Crippen molar-refractivity contribution in [2.45, 2.75) is 6.42 Å². The summed E-state index contributed by atoms with van der Waals surface area (Å²) in [7, 11) is 0. The van der Waals surface area contributed by atoms with Crippen LogP contribution in [-0.2, 0) is 11.2 Å². The van der Waals surface area contributed by atoms with Crippen LogP contribution in [0.15, 0.2) is 85.2 Å². The standard InChI is InChI=1S/C29H19FN4O3S2/c1-2-18-7-3-4-8-19(18)15-27(35)33-29(38)32-20-10-11-24(21(30)16-20)37-25-12-13-31-22-17-26(39-28(22)25)23-9-5-6-14-34(23)36/h1,3-14,16-17H,15H2,(H2,32,33,35,38). The number of nitrogens with zero attached hydrogens (tertiary/aromatic N) is 2. The first-order chi connectivity index (χ1) is 18.9. The molecule has 2 aromatic carbocycles. The fraction of sp³-hybridized carbons (Fsp3) is 0.0345. The average molecular weight is 555 g/mol.